The molecule has 1 amide bonds. The first-order valence-electron chi connectivity index (χ1n) is 11.4. The molecule has 6 rings (SSSR count). The molecule has 2 aliphatic rings. The quantitative estimate of drug-likeness (QED) is 0.524. The molecule has 0 bridgehead atoms. The van der Waals surface area contributed by atoms with Gasteiger partial charge >= 0.3 is 0 Å². The molecule has 4 aromatic rings. The SMILES string of the molecule is CCn1c(-c2cnn(C)c2C)nc2c(N3C(=O)C4(CCNCC4)c4ccccc43)ncnc21. The summed E-state index contributed by atoms with van der Waals surface area (Å²) in [4.78, 5) is 30.0. The summed E-state index contributed by atoms with van der Waals surface area (Å²) in [5, 5.41) is 7.79. The van der Waals surface area contributed by atoms with E-state index in [9.17, 15) is 4.79 Å². The number of carbonyl (C=O) groups excluding carboxylic acids is 1. The van der Waals surface area contributed by atoms with Crippen molar-refractivity contribution >= 4 is 28.6 Å². The van der Waals surface area contributed by atoms with Gasteiger partial charge in [0.15, 0.2) is 17.0 Å². The highest BCUT2D eigenvalue weighted by molar-refractivity contribution is 6.15. The Labute approximate surface area is 191 Å². The van der Waals surface area contributed by atoms with Gasteiger partial charge in [-0.2, -0.15) is 5.10 Å². The van der Waals surface area contributed by atoms with E-state index in [2.05, 4.69) is 37.9 Å². The molecule has 0 radical (unpaired) electrons. The third kappa shape index (κ3) is 2.65. The Bertz CT molecular complexity index is 1390. The molecule has 3 aromatic heterocycles. The van der Waals surface area contributed by atoms with E-state index < -0.39 is 5.41 Å². The van der Waals surface area contributed by atoms with Crippen LogP contribution in [-0.4, -0.2) is 48.3 Å². The van der Waals surface area contributed by atoms with Crippen LogP contribution < -0.4 is 10.2 Å². The van der Waals surface area contributed by atoms with Crippen LogP contribution in [0.5, 0.6) is 0 Å². The van der Waals surface area contributed by atoms with Gasteiger partial charge in [-0.15, -0.1) is 0 Å². The molecule has 9 nitrogen and oxygen atoms in total. The van der Waals surface area contributed by atoms with E-state index in [1.807, 2.05) is 43.0 Å². The zero-order chi connectivity index (χ0) is 22.7. The molecule has 0 saturated carbocycles. The Balaban J connectivity index is 1.58. The van der Waals surface area contributed by atoms with Crippen molar-refractivity contribution in [2.75, 3.05) is 18.0 Å². The van der Waals surface area contributed by atoms with Gasteiger partial charge in [-0.25, -0.2) is 15.0 Å². The number of anilines is 2. The first-order valence-corrected chi connectivity index (χ1v) is 11.4. The van der Waals surface area contributed by atoms with Crippen molar-refractivity contribution < 1.29 is 4.79 Å². The molecule has 0 unspecified atom stereocenters. The summed E-state index contributed by atoms with van der Waals surface area (Å²) in [6.07, 6.45) is 4.92. The highest BCUT2D eigenvalue weighted by Crippen LogP contribution is 2.50. The lowest BCUT2D eigenvalue weighted by molar-refractivity contribution is -0.123. The van der Waals surface area contributed by atoms with Crippen molar-refractivity contribution in [2.45, 2.75) is 38.6 Å². The van der Waals surface area contributed by atoms with Gasteiger partial charge in [0.1, 0.15) is 12.2 Å². The van der Waals surface area contributed by atoms with E-state index in [-0.39, 0.29) is 5.91 Å². The molecule has 1 saturated heterocycles. The number of benzene rings is 1. The zero-order valence-corrected chi connectivity index (χ0v) is 19.0. The van der Waals surface area contributed by atoms with Crippen LogP contribution in [0.3, 0.4) is 0 Å². The maximum atomic E-state index is 14.1. The van der Waals surface area contributed by atoms with Crippen LogP contribution in [0.4, 0.5) is 11.5 Å². The standard InChI is InChI=1S/C24H26N8O/c1-4-31-20(16-13-28-30(3)15(16)2)29-19-21(31)26-14-27-22(19)32-18-8-6-5-7-17(18)24(23(32)33)9-11-25-12-10-24/h5-8,13-14,25H,4,9-12H2,1-3H3. The molecule has 168 valence electrons. The number of rotatable bonds is 3. The number of aromatic nitrogens is 6. The van der Waals surface area contributed by atoms with Gasteiger partial charge in [-0.05, 0) is 51.4 Å². The van der Waals surface area contributed by atoms with Crippen LogP contribution >= 0.6 is 0 Å². The number of aryl methyl sites for hydroxylation is 2. The number of nitrogens with one attached hydrogen (secondary N) is 1. The average molecular weight is 443 g/mol. The average Bonchev–Trinajstić information content (AvgIpc) is 3.46. The summed E-state index contributed by atoms with van der Waals surface area (Å²) < 4.78 is 3.90. The van der Waals surface area contributed by atoms with Crippen molar-refractivity contribution in [2.24, 2.45) is 7.05 Å². The Morgan fingerprint density at radius 2 is 1.94 bits per heavy atom. The molecule has 33 heavy (non-hydrogen) atoms. The van der Waals surface area contributed by atoms with Gasteiger partial charge in [0.05, 0.1) is 22.9 Å². The summed E-state index contributed by atoms with van der Waals surface area (Å²) >= 11 is 0. The van der Waals surface area contributed by atoms with Crippen molar-refractivity contribution in [3.8, 4) is 11.4 Å². The second-order valence-corrected chi connectivity index (χ2v) is 8.81. The lowest BCUT2D eigenvalue weighted by Gasteiger charge is -2.32. The monoisotopic (exact) mass is 442 g/mol. The predicted octanol–water partition coefficient (Wildman–Crippen LogP) is 2.85. The predicted molar refractivity (Wildman–Crippen MR) is 125 cm³/mol. The highest BCUT2D eigenvalue weighted by Gasteiger charge is 2.52. The lowest BCUT2D eigenvalue weighted by Crippen LogP contribution is -2.46. The maximum Gasteiger partial charge on any atom is 0.243 e. The van der Waals surface area contributed by atoms with Gasteiger partial charge in [0.2, 0.25) is 5.91 Å². The second-order valence-electron chi connectivity index (χ2n) is 8.81. The first kappa shape index (κ1) is 20.0. The van der Waals surface area contributed by atoms with Crippen LogP contribution in [0.2, 0.25) is 0 Å². The fraction of sp³-hybridized carbons (Fsp3) is 0.375. The zero-order valence-electron chi connectivity index (χ0n) is 19.0. The molecule has 1 spiro atoms. The maximum absolute atomic E-state index is 14.1. The van der Waals surface area contributed by atoms with Crippen LogP contribution in [-0.2, 0) is 23.8 Å². The Morgan fingerprint density at radius 1 is 1.15 bits per heavy atom. The summed E-state index contributed by atoms with van der Waals surface area (Å²) in [5.74, 6) is 1.41. The number of piperidine rings is 1. The highest BCUT2D eigenvalue weighted by atomic mass is 16.2. The van der Waals surface area contributed by atoms with Crippen molar-refractivity contribution in [3.63, 3.8) is 0 Å². The lowest BCUT2D eigenvalue weighted by atomic mass is 9.74. The Morgan fingerprint density at radius 3 is 2.67 bits per heavy atom. The van der Waals surface area contributed by atoms with E-state index in [0.717, 1.165) is 59.9 Å². The molecule has 0 atom stereocenters. The number of para-hydroxylation sites is 1. The Kier molecular flexibility index (Phi) is 4.38. The van der Waals surface area contributed by atoms with Crippen LogP contribution in [0, 0.1) is 6.92 Å². The van der Waals surface area contributed by atoms with Crippen molar-refractivity contribution in [3.05, 3.63) is 48.0 Å². The van der Waals surface area contributed by atoms with E-state index in [1.165, 1.54) is 6.33 Å². The molecule has 2 aliphatic heterocycles. The smallest absolute Gasteiger partial charge is 0.243 e. The number of nitrogens with zero attached hydrogens (tertiary/aromatic N) is 7. The number of imidazole rings is 1. The minimum atomic E-state index is -0.519. The summed E-state index contributed by atoms with van der Waals surface area (Å²) in [6, 6.07) is 8.10. The summed E-state index contributed by atoms with van der Waals surface area (Å²) in [5.41, 5.74) is 4.78. The van der Waals surface area contributed by atoms with Crippen LogP contribution in [0.1, 0.15) is 31.0 Å². The van der Waals surface area contributed by atoms with Crippen LogP contribution in [0.25, 0.3) is 22.6 Å². The van der Waals surface area contributed by atoms with Gasteiger partial charge in [0, 0.05) is 19.3 Å². The molecular weight excluding hydrogens is 416 g/mol. The normalized spacial score (nSPS) is 17.3. The number of hydrogen-bond acceptors (Lipinski definition) is 6. The largest absolute Gasteiger partial charge is 0.317 e. The first-order chi connectivity index (χ1) is 16.1. The van der Waals surface area contributed by atoms with Gasteiger partial charge in [-0.1, -0.05) is 18.2 Å². The molecule has 1 N–H and O–H groups in total. The van der Waals surface area contributed by atoms with Crippen molar-refractivity contribution in [1.82, 2.24) is 34.6 Å². The van der Waals surface area contributed by atoms with E-state index in [4.69, 9.17) is 4.98 Å². The fourth-order valence-electron chi connectivity index (χ4n) is 5.37. The van der Waals surface area contributed by atoms with Gasteiger partial charge < -0.3 is 9.88 Å². The number of hydrogen-bond donors (Lipinski definition) is 1. The molecule has 9 heteroatoms. The minimum Gasteiger partial charge on any atom is -0.317 e. The number of carbonyl (C=O) groups is 1. The second kappa shape index (κ2) is 7.21. The molecule has 1 aromatic carbocycles. The fourth-order valence-corrected chi connectivity index (χ4v) is 5.37. The van der Waals surface area contributed by atoms with Crippen molar-refractivity contribution in [1.29, 1.82) is 0 Å². The molecule has 5 heterocycles. The summed E-state index contributed by atoms with van der Waals surface area (Å²) in [6.45, 7) is 6.43. The van der Waals surface area contributed by atoms with E-state index in [0.29, 0.717) is 17.9 Å². The minimum absolute atomic E-state index is 0.0790. The van der Waals surface area contributed by atoms with Crippen LogP contribution in [0.15, 0.2) is 36.8 Å². The number of fused-ring (bicyclic) bond motifs is 3. The third-order valence-electron chi connectivity index (χ3n) is 7.25. The Hall–Kier alpha value is -3.59. The topological polar surface area (TPSA) is 93.8 Å². The molecule has 1 fully saturated rings. The molecular formula is C24H26N8O. The van der Waals surface area contributed by atoms with E-state index in [1.54, 1.807) is 4.90 Å². The van der Waals surface area contributed by atoms with Gasteiger partial charge in [-0.3, -0.25) is 14.4 Å². The van der Waals surface area contributed by atoms with Gasteiger partial charge in [0.25, 0.3) is 0 Å². The number of amides is 1. The van der Waals surface area contributed by atoms with E-state index >= 15 is 0 Å². The third-order valence-corrected chi connectivity index (χ3v) is 7.25. The summed E-state index contributed by atoms with van der Waals surface area (Å²) in [7, 11) is 1.92. The molecule has 0 aliphatic carbocycles.